The van der Waals surface area contributed by atoms with Gasteiger partial charge in [0.25, 0.3) is 0 Å². The third-order valence-electron chi connectivity index (χ3n) is 8.03. The van der Waals surface area contributed by atoms with Gasteiger partial charge in [-0.15, -0.1) is 0 Å². The van der Waals surface area contributed by atoms with Crippen molar-refractivity contribution < 1.29 is 33.2 Å². The van der Waals surface area contributed by atoms with E-state index in [-0.39, 0.29) is 36.5 Å². The normalized spacial score (nSPS) is 30.1. The quantitative estimate of drug-likeness (QED) is 0.299. The van der Waals surface area contributed by atoms with E-state index in [4.69, 9.17) is 28.4 Å². The Bertz CT molecular complexity index is 1130. The summed E-state index contributed by atoms with van der Waals surface area (Å²) in [6, 6.07) is 20.2. The van der Waals surface area contributed by atoms with Crippen LogP contribution in [0.15, 0.2) is 85.0 Å². The summed E-state index contributed by atoms with van der Waals surface area (Å²) in [7, 11) is 0. The zero-order chi connectivity index (χ0) is 29.0. The lowest BCUT2D eigenvalue weighted by molar-refractivity contribution is -0.209. The molecule has 2 aromatic carbocycles. The summed E-state index contributed by atoms with van der Waals surface area (Å²) in [5.41, 5.74) is 2.19. The number of rotatable bonds is 11. The molecule has 3 heterocycles. The molecule has 2 fully saturated rings. The number of ether oxygens (including phenoxy) is 6. The fourth-order valence-electron chi connectivity index (χ4n) is 5.94. The van der Waals surface area contributed by atoms with Gasteiger partial charge in [-0.2, -0.15) is 0 Å². The van der Waals surface area contributed by atoms with Crippen molar-refractivity contribution >= 4 is 5.97 Å². The van der Waals surface area contributed by atoms with Crippen LogP contribution < -0.4 is 0 Å². The highest BCUT2D eigenvalue weighted by Gasteiger charge is 2.41. The lowest BCUT2D eigenvalue weighted by Crippen LogP contribution is -2.51. The van der Waals surface area contributed by atoms with Gasteiger partial charge in [0, 0.05) is 20.0 Å². The van der Waals surface area contributed by atoms with E-state index in [0.717, 1.165) is 43.4 Å². The van der Waals surface area contributed by atoms with Crippen molar-refractivity contribution in [3.05, 3.63) is 96.1 Å². The third-order valence-corrected chi connectivity index (χ3v) is 8.03. The number of benzene rings is 2. The monoisotopic (exact) mass is 576 g/mol. The number of hydrogen-bond donors (Lipinski definition) is 0. The highest BCUT2D eigenvalue weighted by atomic mass is 16.6. The first-order valence-corrected chi connectivity index (χ1v) is 15.3. The molecule has 0 amide bonds. The first-order chi connectivity index (χ1) is 20.6. The van der Waals surface area contributed by atoms with Crippen LogP contribution >= 0.6 is 0 Å². The summed E-state index contributed by atoms with van der Waals surface area (Å²) in [4.78, 5) is 12.1. The maximum atomic E-state index is 12.1. The smallest absolute Gasteiger partial charge is 0.302 e. The van der Waals surface area contributed by atoms with Crippen LogP contribution in [0.2, 0.25) is 0 Å². The Labute approximate surface area is 249 Å². The summed E-state index contributed by atoms with van der Waals surface area (Å²) in [6.45, 7) is 3.61. The van der Waals surface area contributed by atoms with Gasteiger partial charge >= 0.3 is 5.97 Å². The van der Waals surface area contributed by atoms with Gasteiger partial charge in [0.15, 0.2) is 0 Å². The molecule has 0 radical (unpaired) electrons. The van der Waals surface area contributed by atoms with E-state index in [9.17, 15) is 4.79 Å². The summed E-state index contributed by atoms with van der Waals surface area (Å²) in [5.74, 6) is -0.319. The van der Waals surface area contributed by atoms with Gasteiger partial charge in [-0.25, -0.2) is 0 Å². The summed E-state index contributed by atoms with van der Waals surface area (Å²) in [5, 5.41) is 0. The minimum atomic E-state index is -0.463. The zero-order valence-corrected chi connectivity index (χ0v) is 24.6. The van der Waals surface area contributed by atoms with Crippen molar-refractivity contribution in [1.82, 2.24) is 0 Å². The molecule has 7 atom stereocenters. The van der Waals surface area contributed by atoms with Crippen molar-refractivity contribution in [2.75, 3.05) is 13.2 Å². The first-order valence-electron chi connectivity index (χ1n) is 15.3. The molecule has 2 aromatic rings. The molecule has 7 heteroatoms. The topological polar surface area (TPSA) is 72.5 Å². The van der Waals surface area contributed by atoms with Gasteiger partial charge in [-0.1, -0.05) is 85.0 Å². The Morgan fingerprint density at radius 1 is 0.905 bits per heavy atom. The third kappa shape index (κ3) is 9.35. The molecule has 42 heavy (non-hydrogen) atoms. The largest absolute Gasteiger partial charge is 0.460 e. The van der Waals surface area contributed by atoms with Crippen LogP contribution in [-0.4, -0.2) is 61.9 Å². The molecule has 3 aliphatic heterocycles. The zero-order valence-electron chi connectivity index (χ0n) is 24.6. The summed E-state index contributed by atoms with van der Waals surface area (Å²) < 4.78 is 37.9. The van der Waals surface area contributed by atoms with E-state index in [2.05, 4.69) is 30.4 Å². The van der Waals surface area contributed by atoms with E-state index in [1.807, 2.05) is 54.6 Å². The average molecular weight is 577 g/mol. The van der Waals surface area contributed by atoms with Crippen LogP contribution in [0.4, 0.5) is 0 Å². The van der Waals surface area contributed by atoms with E-state index >= 15 is 0 Å². The second-order valence-corrected chi connectivity index (χ2v) is 11.3. The first kappa shape index (κ1) is 30.6. The van der Waals surface area contributed by atoms with Gasteiger partial charge < -0.3 is 28.4 Å². The van der Waals surface area contributed by atoms with Crippen LogP contribution in [-0.2, 0) is 46.4 Å². The van der Waals surface area contributed by atoms with Crippen LogP contribution in [0.5, 0.6) is 0 Å². The molecule has 5 rings (SSSR count). The van der Waals surface area contributed by atoms with Crippen LogP contribution in [0, 0.1) is 0 Å². The van der Waals surface area contributed by atoms with Crippen molar-refractivity contribution in [1.29, 1.82) is 0 Å². The minimum absolute atomic E-state index is 0.0154. The van der Waals surface area contributed by atoms with E-state index < -0.39 is 12.2 Å². The molecular weight excluding hydrogens is 532 g/mol. The standard InChI is InChI=1S/C35H44O7/c1-26(36)40-33-20-19-30(25-37-23-27-12-5-2-6-13-27)42-35(33)34(39-24-28-14-7-3-8-15-28)22-29-16-9-4-10-17-31-32(41-29)18-11-21-38-31/h2-10,12-16,29-35H,11,17-25H2,1H3/b10-4-,16-9-/t29-,30-,31+,32-,33+,34+,35+/m0/s1. The number of carbonyl (C=O) groups is 1. The highest BCUT2D eigenvalue weighted by molar-refractivity contribution is 5.66. The van der Waals surface area contributed by atoms with Crippen molar-refractivity contribution in [2.45, 2.75) is 101 Å². The molecule has 0 aliphatic carbocycles. The highest BCUT2D eigenvalue weighted by Crippen LogP contribution is 2.31. The molecule has 3 aliphatic rings. The molecule has 226 valence electrons. The van der Waals surface area contributed by atoms with Crippen LogP contribution in [0.3, 0.4) is 0 Å². The molecular formula is C35H44O7. The fourth-order valence-corrected chi connectivity index (χ4v) is 5.94. The Balaban J connectivity index is 1.32. The van der Waals surface area contributed by atoms with E-state index in [1.165, 1.54) is 6.92 Å². The predicted molar refractivity (Wildman–Crippen MR) is 160 cm³/mol. The summed E-state index contributed by atoms with van der Waals surface area (Å²) >= 11 is 0. The Morgan fingerprint density at radius 3 is 2.43 bits per heavy atom. The van der Waals surface area contributed by atoms with Crippen LogP contribution in [0.25, 0.3) is 0 Å². The Kier molecular flexibility index (Phi) is 11.8. The minimum Gasteiger partial charge on any atom is -0.460 e. The number of allylic oxidation sites excluding steroid dienone is 2. The van der Waals surface area contributed by atoms with Gasteiger partial charge in [0.2, 0.25) is 0 Å². The predicted octanol–water partition coefficient (Wildman–Crippen LogP) is 6.11. The summed E-state index contributed by atoms with van der Waals surface area (Å²) in [6.07, 6.45) is 11.6. The number of hydrogen-bond acceptors (Lipinski definition) is 7. The molecule has 0 spiro atoms. The van der Waals surface area contributed by atoms with Crippen molar-refractivity contribution in [3.63, 3.8) is 0 Å². The molecule has 0 aromatic heterocycles. The SMILES string of the molecule is CC(=O)O[C@@H]1CC[C@@H](COCc2ccccc2)O[C@H]1[C@@H](C[C@@H]1/C=C\C=C/C[C@H]2OCCC[C@@H]2O1)OCc1ccccc1. The van der Waals surface area contributed by atoms with Gasteiger partial charge in [0.1, 0.15) is 12.2 Å². The maximum Gasteiger partial charge on any atom is 0.302 e. The van der Waals surface area contributed by atoms with Crippen molar-refractivity contribution in [2.24, 2.45) is 0 Å². The van der Waals surface area contributed by atoms with Gasteiger partial charge in [-0.3, -0.25) is 4.79 Å². The molecule has 0 bridgehead atoms. The Morgan fingerprint density at radius 2 is 1.67 bits per heavy atom. The Hall–Kier alpha value is -2.81. The average Bonchev–Trinajstić information content (AvgIpc) is 3.11. The van der Waals surface area contributed by atoms with Gasteiger partial charge in [0.05, 0.1) is 50.3 Å². The van der Waals surface area contributed by atoms with E-state index in [0.29, 0.717) is 32.7 Å². The van der Waals surface area contributed by atoms with Crippen LogP contribution in [0.1, 0.15) is 56.6 Å². The van der Waals surface area contributed by atoms with E-state index in [1.54, 1.807) is 0 Å². The lowest BCUT2D eigenvalue weighted by atomic mass is 9.93. The number of fused-ring (bicyclic) bond motifs is 1. The molecule has 0 saturated carbocycles. The maximum absolute atomic E-state index is 12.1. The number of esters is 1. The van der Waals surface area contributed by atoms with Gasteiger partial charge in [-0.05, 0) is 43.2 Å². The fraction of sp³-hybridized carbons (Fsp3) is 0.514. The molecule has 0 N–H and O–H groups in total. The second-order valence-electron chi connectivity index (χ2n) is 11.3. The molecule has 7 nitrogen and oxygen atoms in total. The van der Waals surface area contributed by atoms with Crippen molar-refractivity contribution in [3.8, 4) is 0 Å². The molecule has 0 unspecified atom stereocenters. The number of carbonyl (C=O) groups excluding carboxylic acids is 1. The molecule has 2 saturated heterocycles. The second kappa shape index (κ2) is 16.1. The lowest BCUT2D eigenvalue weighted by Gasteiger charge is -2.41.